The molecule has 156 valence electrons. The standard InChI is InChI=1S/C21H27N3O3S2/c1-4-23-11-13-24(14-12-23)21(25)20-15-19(8-5-16(20)2)29(27)22-17-6-9-18(10-7-17)28(3)26/h5-10,15,22H,4,11-14H2,1-3H3. The number of nitrogens with one attached hydrogen (secondary N) is 1. The van der Waals surface area contributed by atoms with Crippen LogP contribution in [0.15, 0.2) is 52.3 Å². The zero-order chi connectivity index (χ0) is 21.0. The molecule has 1 fully saturated rings. The molecule has 0 saturated carbocycles. The van der Waals surface area contributed by atoms with Crippen LogP contribution in [-0.2, 0) is 21.8 Å². The molecule has 1 aliphatic rings. The lowest BCUT2D eigenvalue weighted by Gasteiger charge is -2.34. The molecule has 6 nitrogen and oxygen atoms in total. The van der Waals surface area contributed by atoms with Crippen LogP contribution in [0.3, 0.4) is 0 Å². The third-order valence-corrected chi connectivity index (χ3v) is 7.20. The van der Waals surface area contributed by atoms with Crippen molar-refractivity contribution >= 4 is 33.4 Å². The van der Waals surface area contributed by atoms with Crippen molar-refractivity contribution in [3.8, 4) is 0 Å². The van der Waals surface area contributed by atoms with Gasteiger partial charge in [0, 0.05) is 59.4 Å². The number of nitrogens with zero attached hydrogens (tertiary/aromatic N) is 2. The minimum atomic E-state index is -1.50. The Balaban J connectivity index is 1.73. The number of amides is 1. The Kier molecular flexibility index (Phi) is 7.21. The smallest absolute Gasteiger partial charge is 0.254 e. The lowest BCUT2D eigenvalue weighted by molar-refractivity contribution is 0.0642. The van der Waals surface area contributed by atoms with Crippen LogP contribution in [0.4, 0.5) is 5.69 Å². The van der Waals surface area contributed by atoms with Crippen LogP contribution in [0.5, 0.6) is 0 Å². The lowest BCUT2D eigenvalue weighted by atomic mass is 10.1. The summed E-state index contributed by atoms with van der Waals surface area (Å²) in [4.78, 5) is 18.5. The first kappa shape index (κ1) is 21.7. The number of benzene rings is 2. The number of aryl methyl sites for hydroxylation is 1. The first-order valence-electron chi connectivity index (χ1n) is 9.63. The summed E-state index contributed by atoms with van der Waals surface area (Å²) >= 11 is 0. The predicted molar refractivity (Wildman–Crippen MR) is 118 cm³/mol. The number of rotatable bonds is 6. The number of hydrogen-bond acceptors (Lipinski definition) is 4. The van der Waals surface area contributed by atoms with Crippen molar-refractivity contribution in [1.29, 1.82) is 0 Å². The highest BCUT2D eigenvalue weighted by molar-refractivity contribution is 7.86. The van der Waals surface area contributed by atoms with Gasteiger partial charge in [0.05, 0.1) is 4.90 Å². The van der Waals surface area contributed by atoms with E-state index < -0.39 is 21.8 Å². The van der Waals surface area contributed by atoms with Gasteiger partial charge in [-0.15, -0.1) is 0 Å². The van der Waals surface area contributed by atoms with Crippen LogP contribution >= 0.6 is 0 Å². The average molecular weight is 434 g/mol. The van der Waals surface area contributed by atoms with Crippen molar-refractivity contribution in [2.24, 2.45) is 0 Å². The Morgan fingerprint density at radius 3 is 2.21 bits per heavy atom. The van der Waals surface area contributed by atoms with Crippen LogP contribution in [0.25, 0.3) is 0 Å². The van der Waals surface area contributed by atoms with Crippen LogP contribution < -0.4 is 4.72 Å². The fraction of sp³-hybridized carbons (Fsp3) is 0.381. The van der Waals surface area contributed by atoms with E-state index in [4.69, 9.17) is 0 Å². The normalized spacial score (nSPS) is 17.0. The number of piperazine rings is 1. The molecule has 2 unspecified atom stereocenters. The summed E-state index contributed by atoms with van der Waals surface area (Å²) in [6.07, 6.45) is 1.62. The topological polar surface area (TPSA) is 69.7 Å². The Labute approximate surface area is 177 Å². The zero-order valence-corrected chi connectivity index (χ0v) is 18.6. The van der Waals surface area contributed by atoms with E-state index in [0.717, 1.165) is 25.2 Å². The van der Waals surface area contributed by atoms with E-state index in [0.29, 0.717) is 34.1 Å². The van der Waals surface area contributed by atoms with Crippen LogP contribution in [0.2, 0.25) is 0 Å². The molecular weight excluding hydrogens is 406 g/mol. The summed E-state index contributed by atoms with van der Waals surface area (Å²) in [6.45, 7) is 8.21. The number of hydrogen-bond donors (Lipinski definition) is 1. The molecule has 0 spiro atoms. The second-order valence-electron chi connectivity index (χ2n) is 7.05. The first-order chi connectivity index (χ1) is 13.9. The molecule has 0 aliphatic carbocycles. The van der Waals surface area contributed by atoms with Crippen molar-refractivity contribution < 1.29 is 13.2 Å². The van der Waals surface area contributed by atoms with E-state index in [1.807, 2.05) is 17.9 Å². The van der Waals surface area contributed by atoms with Gasteiger partial charge in [-0.05, 0) is 55.4 Å². The lowest BCUT2D eigenvalue weighted by Crippen LogP contribution is -2.48. The van der Waals surface area contributed by atoms with E-state index >= 15 is 0 Å². The SMILES string of the molecule is CCN1CCN(C(=O)c2cc(S(=O)Nc3ccc(S(C)=O)cc3)ccc2C)CC1. The quantitative estimate of drug-likeness (QED) is 0.760. The van der Waals surface area contributed by atoms with Gasteiger partial charge < -0.3 is 14.5 Å². The van der Waals surface area contributed by atoms with Crippen LogP contribution in [-0.4, -0.2) is 63.1 Å². The minimum absolute atomic E-state index is 0.00752. The highest BCUT2D eigenvalue weighted by Crippen LogP contribution is 2.20. The monoisotopic (exact) mass is 433 g/mol. The van der Waals surface area contributed by atoms with Crippen molar-refractivity contribution in [3.63, 3.8) is 0 Å². The summed E-state index contributed by atoms with van der Waals surface area (Å²) in [5.74, 6) is -0.00752. The fourth-order valence-corrected chi connectivity index (χ4v) is 4.67. The zero-order valence-electron chi connectivity index (χ0n) is 17.0. The molecule has 0 aromatic heterocycles. The molecule has 0 radical (unpaired) electrons. The number of anilines is 1. The molecule has 1 amide bonds. The molecule has 1 aliphatic heterocycles. The molecule has 29 heavy (non-hydrogen) atoms. The van der Waals surface area contributed by atoms with E-state index in [-0.39, 0.29) is 5.91 Å². The highest BCUT2D eigenvalue weighted by Gasteiger charge is 2.23. The molecule has 3 rings (SSSR count). The third-order valence-electron chi connectivity index (χ3n) is 5.16. The van der Waals surface area contributed by atoms with Gasteiger partial charge in [0.25, 0.3) is 5.91 Å². The van der Waals surface area contributed by atoms with Gasteiger partial charge in [-0.25, -0.2) is 4.21 Å². The number of carbonyl (C=O) groups is 1. The van der Waals surface area contributed by atoms with E-state index in [9.17, 15) is 13.2 Å². The molecule has 0 bridgehead atoms. The summed E-state index contributed by atoms with van der Waals surface area (Å²) < 4.78 is 27.2. The second-order valence-corrected chi connectivity index (χ2v) is 9.65. The minimum Gasteiger partial charge on any atom is -0.336 e. The van der Waals surface area contributed by atoms with Crippen LogP contribution in [0, 0.1) is 6.92 Å². The van der Waals surface area contributed by atoms with Crippen molar-refractivity contribution in [2.45, 2.75) is 23.6 Å². The molecule has 2 aromatic rings. The Bertz CT molecular complexity index is 923. The van der Waals surface area contributed by atoms with Crippen LogP contribution in [0.1, 0.15) is 22.8 Å². The maximum Gasteiger partial charge on any atom is 0.254 e. The summed E-state index contributed by atoms with van der Waals surface area (Å²) in [5, 5.41) is 0. The van der Waals surface area contributed by atoms with Gasteiger partial charge >= 0.3 is 0 Å². The van der Waals surface area contributed by atoms with Gasteiger partial charge in [0.2, 0.25) is 0 Å². The van der Waals surface area contributed by atoms with Gasteiger partial charge in [-0.1, -0.05) is 13.0 Å². The van der Waals surface area contributed by atoms with Gasteiger partial charge in [0.15, 0.2) is 0 Å². The Morgan fingerprint density at radius 1 is 1.00 bits per heavy atom. The molecule has 2 aromatic carbocycles. The van der Waals surface area contributed by atoms with Gasteiger partial charge in [0.1, 0.15) is 11.0 Å². The second kappa shape index (κ2) is 9.65. The predicted octanol–water partition coefficient (Wildman–Crippen LogP) is 2.64. The molecular formula is C21H27N3O3S2. The molecule has 2 atom stereocenters. The summed E-state index contributed by atoms with van der Waals surface area (Å²) in [6, 6.07) is 12.3. The highest BCUT2D eigenvalue weighted by atomic mass is 32.2. The molecule has 8 heteroatoms. The Hall–Kier alpha value is -2.03. The van der Waals surface area contributed by atoms with E-state index in [1.165, 1.54) is 0 Å². The van der Waals surface area contributed by atoms with Gasteiger partial charge in [-0.3, -0.25) is 9.00 Å². The molecule has 1 saturated heterocycles. The van der Waals surface area contributed by atoms with Crippen molar-refractivity contribution in [2.75, 3.05) is 43.7 Å². The molecule has 1 heterocycles. The number of carbonyl (C=O) groups excluding carboxylic acids is 1. The van der Waals surface area contributed by atoms with Crippen molar-refractivity contribution in [1.82, 2.24) is 9.80 Å². The molecule has 1 N–H and O–H groups in total. The van der Waals surface area contributed by atoms with E-state index in [2.05, 4.69) is 16.5 Å². The van der Waals surface area contributed by atoms with Crippen molar-refractivity contribution in [3.05, 3.63) is 53.6 Å². The first-order valence-corrected chi connectivity index (χ1v) is 12.3. The fourth-order valence-electron chi connectivity index (χ4n) is 3.26. The Morgan fingerprint density at radius 2 is 1.62 bits per heavy atom. The summed E-state index contributed by atoms with van der Waals surface area (Å²) in [5.41, 5.74) is 2.14. The number of likely N-dealkylation sites (N-methyl/N-ethyl adjacent to an activating group) is 1. The maximum absolute atomic E-state index is 13.0. The average Bonchev–Trinajstić information content (AvgIpc) is 2.74. The third kappa shape index (κ3) is 5.32. The maximum atomic E-state index is 13.0. The largest absolute Gasteiger partial charge is 0.336 e. The van der Waals surface area contributed by atoms with Gasteiger partial charge in [-0.2, -0.15) is 0 Å². The summed E-state index contributed by atoms with van der Waals surface area (Å²) in [7, 11) is -2.56. The van der Waals surface area contributed by atoms with E-state index in [1.54, 1.807) is 42.7 Å².